The molecule has 1 aliphatic rings. The van der Waals surface area contributed by atoms with Crippen LogP contribution in [-0.2, 0) is 15.0 Å². The molecular weight excluding hydrogens is 433 g/mol. The molecule has 25 heavy (non-hydrogen) atoms. The largest absolute Gasteiger partial charge is 0.325 e. The van der Waals surface area contributed by atoms with E-state index >= 15 is 0 Å². The molecule has 0 bridgehead atoms. The van der Waals surface area contributed by atoms with Crippen molar-refractivity contribution in [3.63, 3.8) is 0 Å². The molecule has 1 aromatic heterocycles. The van der Waals surface area contributed by atoms with Crippen LogP contribution >= 0.6 is 27.3 Å². The van der Waals surface area contributed by atoms with Gasteiger partial charge in [-0.15, -0.1) is 11.3 Å². The summed E-state index contributed by atoms with van der Waals surface area (Å²) in [6, 6.07) is 6.40. The zero-order chi connectivity index (χ0) is 18.2. The lowest BCUT2D eigenvalue weighted by Crippen LogP contribution is -2.55. The third kappa shape index (κ3) is 3.93. The zero-order valence-electron chi connectivity index (χ0n) is 13.1. The molecule has 2 N–H and O–H groups in total. The molecule has 10 heteroatoms. The van der Waals surface area contributed by atoms with E-state index in [1.807, 2.05) is 17.5 Å². The van der Waals surface area contributed by atoms with Crippen molar-refractivity contribution >= 4 is 49.1 Å². The molecule has 1 aromatic carbocycles. The fourth-order valence-corrected chi connectivity index (χ4v) is 5.10. The first-order valence-corrected chi connectivity index (χ1v) is 10.4. The predicted molar refractivity (Wildman–Crippen MR) is 98.0 cm³/mol. The molecule has 1 fully saturated rings. The molecule has 0 radical (unpaired) electrons. The van der Waals surface area contributed by atoms with Gasteiger partial charge in [0.2, 0.25) is 5.91 Å². The highest BCUT2D eigenvalue weighted by Gasteiger charge is 2.40. The summed E-state index contributed by atoms with van der Waals surface area (Å²) in [5.41, 5.74) is 0.385. The molecule has 1 saturated heterocycles. The van der Waals surface area contributed by atoms with E-state index in [-0.39, 0.29) is 4.47 Å². The van der Waals surface area contributed by atoms with Crippen LogP contribution in [0.3, 0.4) is 0 Å². The summed E-state index contributed by atoms with van der Waals surface area (Å²) in [6.45, 7) is 0. The van der Waals surface area contributed by atoms with E-state index in [1.165, 1.54) is 36.6 Å². The molecule has 2 atom stereocenters. The molecule has 2 heterocycles. The molecule has 3 rings (SSSR count). The summed E-state index contributed by atoms with van der Waals surface area (Å²) in [4.78, 5) is 13.5. The van der Waals surface area contributed by atoms with Gasteiger partial charge >= 0.3 is 0 Å². The first-order valence-electron chi connectivity index (χ1n) is 7.32. The first-order chi connectivity index (χ1) is 11.8. The fourth-order valence-electron chi connectivity index (χ4n) is 2.59. The van der Waals surface area contributed by atoms with Gasteiger partial charge in [-0.1, -0.05) is 6.07 Å². The van der Waals surface area contributed by atoms with Crippen LogP contribution in [0.15, 0.2) is 40.2 Å². The van der Waals surface area contributed by atoms with Gasteiger partial charge in [0, 0.05) is 17.6 Å². The highest BCUT2D eigenvalue weighted by atomic mass is 79.9. The number of thiophene rings is 1. The molecule has 1 aliphatic heterocycles. The van der Waals surface area contributed by atoms with Crippen LogP contribution in [-0.4, -0.2) is 31.7 Å². The molecule has 2 unspecified atom stereocenters. The number of hydrogen-bond donors (Lipinski definition) is 2. The summed E-state index contributed by atoms with van der Waals surface area (Å²) in [5, 5.41) is 4.50. The second-order valence-corrected chi connectivity index (χ2v) is 9.17. The van der Waals surface area contributed by atoms with Crippen molar-refractivity contribution in [1.82, 2.24) is 9.03 Å². The van der Waals surface area contributed by atoms with Gasteiger partial charge in [0.05, 0.1) is 10.5 Å². The SMILES string of the molecule is CN1C(C(=O)Nc2ccc(F)c(Br)c2)CC(c2cccs2)NS1(=O)=O. The van der Waals surface area contributed by atoms with E-state index < -0.39 is 34.0 Å². The van der Waals surface area contributed by atoms with E-state index in [0.717, 1.165) is 9.18 Å². The number of amides is 1. The molecule has 0 saturated carbocycles. The topological polar surface area (TPSA) is 78.5 Å². The minimum Gasteiger partial charge on any atom is -0.325 e. The van der Waals surface area contributed by atoms with Gasteiger partial charge in [-0.05, 0) is 52.0 Å². The van der Waals surface area contributed by atoms with Gasteiger partial charge in [-0.3, -0.25) is 4.79 Å². The Kier molecular flexibility index (Phi) is 5.26. The third-order valence-corrected chi connectivity index (χ3v) is 7.13. The van der Waals surface area contributed by atoms with E-state index in [9.17, 15) is 17.6 Å². The van der Waals surface area contributed by atoms with Crippen molar-refractivity contribution in [3.05, 3.63) is 50.9 Å². The maximum Gasteiger partial charge on any atom is 0.280 e. The number of likely N-dealkylation sites (N-methyl/N-ethyl adjacent to an activating group) is 1. The first kappa shape index (κ1) is 18.5. The normalized spacial score (nSPS) is 23.3. The Morgan fingerprint density at radius 1 is 1.44 bits per heavy atom. The maximum absolute atomic E-state index is 13.3. The fraction of sp³-hybridized carbons (Fsp3) is 0.267. The number of anilines is 1. The molecular formula is C15H15BrFN3O3S2. The third-order valence-electron chi connectivity index (χ3n) is 3.94. The van der Waals surface area contributed by atoms with Crippen LogP contribution in [0, 0.1) is 5.82 Å². The number of rotatable bonds is 3. The zero-order valence-corrected chi connectivity index (χ0v) is 16.3. The molecule has 6 nitrogen and oxygen atoms in total. The lowest BCUT2D eigenvalue weighted by molar-refractivity contribution is -0.120. The van der Waals surface area contributed by atoms with Crippen LogP contribution < -0.4 is 10.0 Å². The Labute approximate surface area is 157 Å². The second-order valence-electron chi connectivity index (χ2n) is 5.58. The van der Waals surface area contributed by atoms with Crippen molar-refractivity contribution in [2.24, 2.45) is 0 Å². The molecule has 0 spiro atoms. The van der Waals surface area contributed by atoms with Crippen molar-refractivity contribution in [3.8, 4) is 0 Å². The lowest BCUT2D eigenvalue weighted by Gasteiger charge is -2.35. The van der Waals surface area contributed by atoms with Crippen molar-refractivity contribution in [2.45, 2.75) is 18.5 Å². The highest BCUT2D eigenvalue weighted by molar-refractivity contribution is 9.10. The smallest absolute Gasteiger partial charge is 0.280 e. The second kappa shape index (κ2) is 7.12. The monoisotopic (exact) mass is 447 g/mol. The highest BCUT2D eigenvalue weighted by Crippen LogP contribution is 2.31. The van der Waals surface area contributed by atoms with Gasteiger partial charge in [0.25, 0.3) is 10.2 Å². The maximum atomic E-state index is 13.3. The summed E-state index contributed by atoms with van der Waals surface area (Å²) < 4.78 is 41.8. The van der Waals surface area contributed by atoms with Crippen molar-refractivity contribution in [2.75, 3.05) is 12.4 Å². The Hall–Kier alpha value is -1.33. The number of carbonyl (C=O) groups excluding carboxylic acids is 1. The van der Waals surface area contributed by atoms with E-state index in [2.05, 4.69) is 26.0 Å². The number of benzene rings is 1. The predicted octanol–water partition coefficient (Wildman–Crippen LogP) is 2.87. The van der Waals surface area contributed by atoms with Gasteiger partial charge in [-0.25, -0.2) is 4.39 Å². The van der Waals surface area contributed by atoms with Gasteiger partial charge in [0.1, 0.15) is 11.9 Å². The molecule has 2 aromatic rings. The Morgan fingerprint density at radius 3 is 2.84 bits per heavy atom. The van der Waals surface area contributed by atoms with Gasteiger partial charge in [-0.2, -0.15) is 17.4 Å². The van der Waals surface area contributed by atoms with Crippen molar-refractivity contribution in [1.29, 1.82) is 0 Å². The van der Waals surface area contributed by atoms with Crippen LogP contribution in [0.1, 0.15) is 17.3 Å². The molecule has 134 valence electrons. The Bertz CT molecular complexity index is 889. The lowest BCUT2D eigenvalue weighted by atomic mass is 10.1. The molecule has 0 aliphatic carbocycles. The average molecular weight is 448 g/mol. The van der Waals surface area contributed by atoms with Crippen LogP contribution in [0.2, 0.25) is 0 Å². The number of nitrogens with one attached hydrogen (secondary N) is 2. The number of halogens is 2. The summed E-state index contributed by atoms with van der Waals surface area (Å²) >= 11 is 4.48. The van der Waals surface area contributed by atoms with E-state index in [0.29, 0.717) is 12.1 Å². The van der Waals surface area contributed by atoms with Gasteiger partial charge in [0.15, 0.2) is 0 Å². The Morgan fingerprint density at radius 2 is 2.20 bits per heavy atom. The Balaban J connectivity index is 1.83. The van der Waals surface area contributed by atoms with Crippen molar-refractivity contribution < 1.29 is 17.6 Å². The summed E-state index contributed by atoms with van der Waals surface area (Å²) in [7, 11) is -2.42. The van der Waals surface area contributed by atoms with Gasteiger partial charge < -0.3 is 5.32 Å². The number of nitrogens with zero attached hydrogens (tertiary/aromatic N) is 1. The number of hydrogen-bond acceptors (Lipinski definition) is 4. The van der Waals surface area contributed by atoms with Crippen LogP contribution in [0.5, 0.6) is 0 Å². The quantitative estimate of drug-likeness (QED) is 0.758. The minimum absolute atomic E-state index is 0.216. The van der Waals surface area contributed by atoms with Crippen LogP contribution in [0.4, 0.5) is 10.1 Å². The molecule has 1 amide bonds. The summed E-state index contributed by atoms with van der Waals surface area (Å²) in [5.74, 6) is -0.912. The van der Waals surface area contributed by atoms with Crippen LogP contribution in [0.25, 0.3) is 0 Å². The average Bonchev–Trinajstić information content (AvgIpc) is 3.07. The van der Waals surface area contributed by atoms with E-state index in [1.54, 1.807) is 0 Å². The summed E-state index contributed by atoms with van der Waals surface area (Å²) in [6.07, 6.45) is 0.296. The minimum atomic E-state index is -3.78. The van der Waals surface area contributed by atoms with E-state index in [4.69, 9.17) is 0 Å². The number of carbonyl (C=O) groups is 1. The standard InChI is InChI=1S/C15H15BrFN3O3S2/c1-20-13(15(21)18-9-4-5-11(17)10(16)7-9)8-12(19-25(20,22)23)14-3-2-6-24-14/h2-7,12-13,19H,8H2,1H3,(H,18,21).